The number of carboxylic acids is 1. The van der Waals surface area contributed by atoms with Gasteiger partial charge in [0.05, 0.1) is 18.1 Å². The minimum absolute atomic E-state index is 0.0394. The Bertz CT molecular complexity index is 172. The first-order valence-electron chi connectivity index (χ1n) is 3.38. The molecule has 1 fully saturated rings. The average Bonchev–Trinajstić information content (AvgIpc) is 2.17. The Balaban J connectivity index is 2.67. The van der Waals surface area contributed by atoms with Gasteiger partial charge in [-0.1, -0.05) is 0 Å². The molecule has 0 amide bonds. The molecule has 0 saturated heterocycles. The van der Waals surface area contributed by atoms with Crippen LogP contribution in [0.5, 0.6) is 0 Å². The van der Waals surface area contributed by atoms with Gasteiger partial charge < -0.3 is 21.1 Å². The highest BCUT2D eigenvalue weighted by molar-refractivity contribution is 5.71. The first-order chi connectivity index (χ1) is 5.04. The lowest BCUT2D eigenvalue weighted by Gasteiger charge is -2.12. The van der Waals surface area contributed by atoms with Gasteiger partial charge in [0.2, 0.25) is 0 Å². The topological polar surface area (TPSA) is 104 Å². The van der Waals surface area contributed by atoms with E-state index in [1.165, 1.54) is 0 Å². The van der Waals surface area contributed by atoms with Crippen molar-refractivity contribution < 1.29 is 20.1 Å². The molecule has 1 aliphatic carbocycles. The zero-order chi connectivity index (χ0) is 8.59. The molecule has 0 aromatic heterocycles. The van der Waals surface area contributed by atoms with Crippen molar-refractivity contribution in [2.24, 2.45) is 11.7 Å². The summed E-state index contributed by atoms with van der Waals surface area (Å²) in [4.78, 5) is 10.4. The zero-order valence-electron chi connectivity index (χ0n) is 5.84. The van der Waals surface area contributed by atoms with Gasteiger partial charge in [0.25, 0.3) is 0 Å². The third-order valence-corrected chi connectivity index (χ3v) is 2.07. The van der Waals surface area contributed by atoms with Crippen molar-refractivity contribution in [2.75, 3.05) is 0 Å². The Morgan fingerprint density at radius 2 is 2.00 bits per heavy atom. The summed E-state index contributed by atoms with van der Waals surface area (Å²) >= 11 is 0. The van der Waals surface area contributed by atoms with Crippen LogP contribution in [0.2, 0.25) is 0 Å². The van der Waals surface area contributed by atoms with E-state index in [9.17, 15) is 4.79 Å². The minimum Gasteiger partial charge on any atom is -0.481 e. The molecule has 0 aromatic carbocycles. The van der Waals surface area contributed by atoms with Gasteiger partial charge in [-0.2, -0.15) is 0 Å². The molecule has 5 nitrogen and oxygen atoms in total. The molecule has 5 heteroatoms. The fraction of sp³-hybridized carbons (Fsp3) is 0.833. The molecule has 0 radical (unpaired) electrons. The second-order valence-electron chi connectivity index (χ2n) is 2.82. The lowest BCUT2D eigenvalue weighted by atomic mass is 10.0. The molecule has 0 aromatic rings. The minimum atomic E-state index is -1.10. The Morgan fingerprint density at radius 1 is 1.45 bits per heavy atom. The number of hydrogen-bond acceptors (Lipinski definition) is 4. The second kappa shape index (κ2) is 2.77. The number of hydrogen-bond donors (Lipinski definition) is 4. The van der Waals surface area contributed by atoms with Crippen LogP contribution in [-0.2, 0) is 4.79 Å². The molecular weight excluding hydrogens is 150 g/mol. The summed E-state index contributed by atoms with van der Waals surface area (Å²) in [5, 5.41) is 26.6. The summed E-state index contributed by atoms with van der Waals surface area (Å²) in [6.07, 6.45) is -2.06. The first kappa shape index (κ1) is 8.45. The number of aliphatic carboxylic acids is 1. The predicted molar refractivity (Wildman–Crippen MR) is 35.7 cm³/mol. The maximum atomic E-state index is 10.4. The summed E-state index contributed by atoms with van der Waals surface area (Å²) in [5.74, 6) is -1.88. The van der Waals surface area contributed by atoms with Gasteiger partial charge in [-0.3, -0.25) is 4.79 Å². The smallest absolute Gasteiger partial charge is 0.308 e. The standard InChI is InChI=1S/C6H11NO4/c7-4-2(6(10)11)1-3(8)5(4)9/h2-5,8-9H,1,7H2,(H,10,11)/t2-,3-,4+,5-/m0/s1. The molecule has 1 saturated carbocycles. The van der Waals surface area contributed by atoms with Crippen LogP contribution in [0.4, 0.5) is 0 Å². The van der Waals surface area contributed by atoms with Crippen molar-refractivity contribution >= 4 is 5.97 Å². The van der Waals surface area contributed by atoms with Crippen molar-refractivity contribution in [1.82, 2.24) is 0 Å². The Hall–Kier alpha value is -0.650. The van der Waals surface area contributed by atoms with E-state index in [-0.39, 0.29) is 6.42 Å². The van der Waals surface area contributed by atoms with Crippen LogP contribution in [0, 0.1) is 5.92 Å². The SMILES string of the molecule is N[C@H]1[C@@H](O)[C@@H](O)C[C@@H]1C(=O)O. The van der Waals surface area contributed by atoms with Gasteiger partial charge in [0.1, 0.15) is 0 Å². The van der Waals surface area contributed by atoms with Crippen molar-refractivity contribution in [1.29, 1.82) is 0 Å². The van der Waals surface area contributed by atoms with Gasteiger partial charge in [0, 0.05) is 6.04 Å². The van der Waals surface area contributed by atoms with Crippen molar-refractivity contribution in [3.63, 3.8) is 0 Å². The molecule has 0 bridgehead atoms. The van der Waals surface area contributed by atoms with Crippen LogP contribution in [0.3, 0.4) is 0 Å². The van der Waals surface area contributed by atoms with Crippen LogP contribution < -0.4 is 5.73 Å². The third-order valence-electron chi connectivity index (χ3n) is 2.07. The fourth-order valence-electron chi connectivity index (χ4n) is 1.32. The zero-order valence-corrected chi connectivity index (χ0v) is 5.84. The van der Waals surface area contributed by atoms with Gasteiger partial charge in [-0.05, 0) is 6.42 Å². The summed E-state index contributed by atoms with van der Waals surface area (Å²) in [6, 6.07) is -0.845. The molecule has 0 heterocycles. The summed E-state index contributed by atoms with van der Waals surface area (Å²) in [7, 11) is 0. The molecule has 4 atom stereocenters. The van der Waals surface area contributed by atoms with E-state index in [0.29, 0.717) is 0 Å². The number of carbonyl (C=O) groups is 1. The molecule has 11 heavy (non-hydrogen) atoms. The van der Waals surface area contributed by atoms with Gasteiger partial charge >= 0.3 is 5.97 Å². The number of carboxylic acid groups (broad SMARTS) is 1. The van der Waals surface area contributed by atoms with E-state index >= 15 is 0 Å². The van der Waals surface area contributed by atoms with Gasteiger partial charge in [-0.25, -0.2) is 0 Å². The summed E-state index contributed by atoms with van der Waals surface area (Å²) < 4.78 is 0. The Morgan fingerprint density at radius 3 is 2.18 bits per heavy atom. The number of aliphatic hydroxyl groups excluding tert-OH is 2. The van der Waals surface area contributed by atoms with Crippen LogP contribution in [0.15, 0.2) is 0 Å². The van der Waals surface area contributed by atoms with Gasteiger partial charge in [0.15, 0.2) is 0 Å². The summed E-state index contributed by atoms with van der Waals surface area (Å²) in [6.45, 7) is 0. The molecule has 0 unspecified atom stereocenters. The molecule has 64 valence electrons. The number of rotatable bonds is 1. The maximum absolute atomic E-state index is 10.4. The highest BCUT2D eigenvalue weighted by Gasteiger charge is 2.43. The van der Waals surface area contributed by atoms with Gasteiger partial charge in [-0.15, -0.1) is 0 Å². The van der Waals surface area contributed by atoms with Crippen molar-refractivity contribution in [3.8, 4) is 0 Å². The molecule has 1 aliphatic rings. The van der Waals surface area contributed by atoms with Crippen molar-refractivity contribution in [3.05, 3.63) is 0 Å². The second-order valence-corrected chi connectivity index (χ2v) is 2.82. The van der Waals surface area contributed by atoms with Crippen LogP contribution in [0.25, 0.3) is 0 Å². The Kier molecular flexibility index (Phi) is 2.12. The van der Waals surface area contributed by atoms with E-state index < -0.39 is 30.1 Å². The average molecular weight is 161 g/mol. The quantitative estimate of drug-likeness (QED) is 0.361. The Labute approximate surface area is 63.4 Å². The highest BCUT2D eigenvalue weighted by Crippen LogP contribution is 2.25. The van der Waals surface area contributed by atoms with Crippen LogP contribution in [-0.4, -0.2) is 39.5 Å². The third kappa shape index (κ3) is 1.35. The predicted octanol–water partition coefficient (Wildman–Crippen LogP) is -1.86. The normalized spacial score (nSPS) is 44.3. The van der Waals surface area contributed by atoms with E-state index in [1.54, 1.807) is 0 Å². The molecule has 0 aliphatic heterocycles. The van der Waals surface area contributed by atoms with Crippen LogP contribution >= 0.6 is 0 Å². The number of nitrogens with two attached hydrogens (primary N) is 1. The van der Waals surface area contributed by atoms with E-state index in [1.807, 2.05) is 0 Å². The number of aliphatic hydroxyl groups is 2. The first-order valence-corrected chi connectivity index (χ1v) is 3.38. The fourth-order valence-corrected chi connectivity index (χ4v) is 1.32. The highest BCUT2D eigenvalue weighted by atomic mass is 16.4. The van der Waals surface area contributed by atoms with E-state index in [2.05, 4.69) is 0 Å². The molecule has 0 spiro atoms. The monoisotopic (exact) mass is 161 g/mol. The van der Waals surface area contributed by atoms with Crippen molar-refractivity contribution in [2.45, 2.75) is 24.7 Å². The molecule has 5 N–H and O–H groups in total. The summed E-state index contributed by atoms with van der Waals surface area (Å²) in [5.41, 5.74) is 5.32. The molecular formula is C6H11NO4. The largest absolute Gasteiger partial charge is 0.481 e. The lowest BCUT2D eigenvalue weighted by Crippen LogP contribution is -2.40. The molecule has 1 rings (SSSR count). The maximum Gasteiger partial charge on any atom is 0.308 e. The van der Waals surface area contributed by atoms with E-state index in [0.717, 1.165) is 0 Å². The van der Waals surface area contributed by atoms with Crippen LogP contribution in [0.1, 0.15) is 6.42 Å². The van der Waals surface area contributed by atoms with E-state index in [4.69, 9.17) is 21.1 Å². The lowest BCUT2D eigenvalue weighted by molar-refractivity contribution is -0.142.